The normalized spacial score (nSPS) is 17.4. The summed E-state index contributed by atoms with van der Waals surface area (Å²) in [6.45, 7) is 1.81. The first-order valence-corrected chi connectivity index (χ1v) is 11.8. The number of imide groups is 2. The molecule has 4 rings (SSSR count). The van der Waals surface area contributed by atoms with Gasteiger partial charge in [0.1, 0.15) is 5.41 Å². The lowest BCUT2D eigenvalue weighted by Crippen LogP contribution is -2.65. The number of barbiturate groups is 1. The highest BCUT2D eigenvalue weighted by Crippen LogP contribution is 2.42. The van der Waals surface area contributed by atoms with Crippen LogP contribution in [0.2, 0.25) is 0 Å². The number of methoxy groups -OCH3 is 3. The Morgan fingerprint density at radius 3 is 2.19 bits per heavy atom. The number of hydrogen-bond donors (Lipinski definition) is 1. The van der Waals surface area contributed by atoms with Crippen molar-refractivity contribution < 1.29 is 28.6 Å². The van der Waals surface area contributed by atoms with Gasteiger partial charge in [0.15, 0.2) is 11.5 Å². The molecule has 0 spiro atoms. The molecule has 9 nitrogen and oxygen atoms in total. The lowest BCUT2D eigenvalue weighted by molar-refractivity contribution is -0.143. The van der Waals surface area contributed by atoms with E-state index in [9.17, 15) is 14.4 Å². The zero-order valence-corrected chi connectivity index (χ0v) is 21.2. The van der Waals surface area contributed by atoms with Crippen LogP contribution in [0.4, 0.5) is 10.5 Å². The number of ether oxygens (including phenoxy) is 3. The average molecular weight is 504 g/mol. The van der Waals surface area contributed by atoms with Gasteiger partial charge >= 0.3 is 6.03 Å². The zero-order chi connectivity index (χ0) is 26.6. The Hall–Kier alpha value is -4.40. The monoisotopic (exact) mass is 503 g/mol. The number of carbonyl (C=O) groups is 3. The number of anilines is 1. The smallest absolute Gasteiger partial charge is 0.335 e. The minimum Gasteiger partial charge on any atom is -0.493 e. The summed E-state index contributed by atoms with van der Waals surface area (Å²) < 4.78 is 16.4. The maximum absolute atomic E-state index is 14.2. The van der Waals surface area contributed by atoms with E-state index in [2.05, 4.69) is 10.3 Å². The van der Waals surface area contributed by atoms with Gasteiger partial charge in [0, 0.05) is 11.9 Å². The number of pyridine rings is 1. The Morgan fingerprint density at radius 1 is 0.919 bits per heavy atom. The molecule has 1 fully saturated rings. The number of hydrogen-bond acceptors (Lipinski definition) is 7. The third-order valence-electron chi connectivity index (χ3n) is 6.59. The molecule has 37 heavy (non-hydrogen) atoms. The highest BCUT2D eigenvalue weighted by molar-refractivity contribution is 6.30. The first-order chi connectivity index (χ1) is 17.8. The number of nitrogens with zero attached hydrogens (tertiary/aromatic N) is 2. The van der Waals surface area contributed by atoms with Crippen molar-refractivity contribution in [2.45, 2.75) is 26.2 Å². The number of benzene rings is 2. The number of aryl methyl sites for hydroxylation is 2. The number of rotatable bonds is 9. The van der Waals surface area contributed by atoms with E-state index in [0.29, 0.717) is 34.9 Å². The van der Waals surface area contributed by atoms with E-state index in [1.165, 1.54) is 21.3 Å². The van der Waals surface area contributed by atoms with Gasteiger partial charge in [-0.25, -0.2) is 9.69 Å². The highest BCUT2D eigenvalue weighted by atomic mass is 16.5. The first-order valence-electron chi connectivity index (χ1n) is 11.8. The standard InChI is InChI=1S/C28H29N3O6/c1-18-9-5-6-11-21(18)31-26(33)28(25(32)30-27(31)34,13-12-20-10-7-8-14-29-20)17-19-15-22(35-2)24(37-4)23(16-19)36-3/h5-11,14-16H,12-13,17H2,1-4H3,(H,30,32,34)/t28-/m0/s1. The number of amides is 4. The van der Waals surface area contributed by atoms with Crippen LogP contribution in [0, 0.1) is 12.3 Å². The maximum Gasteiger partial charge on any atom is 0.335 e. The molecule has 1 aliphatic rings. The Labute approximate surface area is 215 Å². The molecule has 1 saturated heterocycles. The van der Waals surface area contributed by atoms with Crippen LogP contribution in [0.25, 0.3) is 0 Å². The molecule has 9 heteroatoms. The quantitative estimate of drug-likeness (QED) is 0.442. The van der Waals surface area contributed by atoms with E-state index in [0.717, 1.165) is 16.2 Å². The second kappa shape index (κ2) is 10.7. The van der Waals surface area contributed by atoms with Gasteiger partial charge in [-0.05, 0) is 67.6 Å². The van der Waals surface area contributed by atoms with Crippen LogP contribution in [0.15, 0.2) is 60.8 Å². The fourth-order valence-electron chi connectivity index (χ4n) is 4.65. The third kappa shape index (κ3) is 4.84. The van der Waals surface area contributed by atoms with Gasteiger partial charge in [-0.2, -0.15) is 0 Å². The van der Waals surface area contributed by atoms with E-state index >= 15 is 0 Å². The summed E-state index contributed by atoms with van der Waals surface area (Å²) >= 11 is 0. The van der Waals surface area contributed by atoms with Crippen LogP contribution in [-0.4, -0.2) is 44.2 Å². The summed E-state index contributed by atoms with van der Waals surface area (Å²) in [6.07, 6.45) is 2.13. The molecule has 2 aromatic carbocycles. The van der Waals surface area contributed by atoms with Crippen LogP contribution in [-0.2, 0) is 22.4 Å². The van der Waals surface area contributed by atoms with Gasteiger partial charge in [0.2, 0.25) is 11.7 Å². The molecular formula is C28H29N3O6. The van der Waals surface area contributed by atoms with Crippen molar-refractivity contribution in [2.24, 2.45) is 5.41 Å². The van der Waals surface area contributed by atoms with Gasteiger partial charge in [0.05, 0.1) is 27.0 Å². The minimum atomic E-state index is -1.60. The molecule has 4 amide bonds. The van der Waals surface area contributed by atoms with Crippen LogP contribution >= 0.6 is 0 Å². The van der Waals surface area contributed by atoms with Crippen LogP contribution in [0.5, 0.6) is 17.2 Å². The van der Waals surface area contributed by atoms with Crippen molar-refractivity contribution in [1.29, 1.82) is 0 Å². The van der Waals surface area contributed by atoms with Gasteiger partial charge in [-0.3, -0.25) is 19.9 Å². The van der Waals surface area contributed by atoms with E-state index in [4.69, 9.17) is 14.2 Å². The number of nitrogens with one attached hydrogen (secondary N) is 1. The fourth-order valence-corrected chi connectivity index (χ4v) is 4.65. The lowest BCUT2D eigenvalue weighted by Gasteiger charge is -2.40. The molecule has 3 aromatic rings. The fraction of sp³-hybridized carbons (Fsp3) is 0.286. The second-order valence-corrected chi connectivity index (χ2v) is 8.80. The Morgan fingerprint density at radius 2 is 1.59 bits per heavy atom. The summed E-state index contributed by atoms with van der Waals surface area (Å²) in [5, 5.41) is 2.43. The number of carbonyl (C=O) groups excluding carboxylic acids is 3. The number of aromatic nitrogens is 1. The van der Waals surface area contributed by atoms with E-state index < -0.39 is 23.3 Å². The summed E-state index contributed by atoms with van der Waals surface area (Å²) in [7, 11) is 4.49. The van der Waals surface area contributed by atoms with Crippen LogP contribution in [0.3, 0.4) is 0 Å². The van der Waals surface area contributed by atoms with Crippen LogP contribution in [0.1, 0.15) is 23.2 Å². The molecule has 0 aliphatic carbocycles. The molecule has 0 bridgehead atoms. The molecule has 2 heterocycles. The van der Waals surface area contributed by atoms with Gasteiger partial charge < -0.3 is 14.2 Å². The molecule has 1 atom stereocenters. The Balaban J connectivity index is 1.83. The van der Waals surface area contributed by atoms with Gasteiger partial charge in [-0.15, -0.1) is 0 Å². The molecule has 1 aliphatic heterocycles. The first kappa shape index (κ1) is 25.7. The van der Waals surface area contributed by atoms with Crippen molar-refractivity contribution in [2.75, 3.05) is 26.2 Å². The van der Waals surface area contributed by atoms with Crippen molar-refractivity contribution in [3.05, 3.63) is 77.6 Å². The molecule has 192 valence electrons. The molecule has 1 aromatic heterocycles. The highest BCUT2D eigenvalue weighted by Gasteiger charge is 2.54. The van der Waals surface area contributed by atoms with E-state index in [1.807, 2.05) is 18.2 Å². The molecule has 0 saturated carbocycles. The van der Waals surface area contributed by atoms with Crippen molar-refractivity contribution in [1.82, 2.24) is 10.3 Å². The summed E-state index contributed by atoms with van der Waals surface area (Å²) in [4.78, 5) is 46.2. The van der Waals surface area contributed by atoms with Crippen LogP contribution < -0.4 is 24.4 Å². The number of urea groups is 1. The third-order valence-corrected chi connectivity index (χ3v) is 6.59. The average Bonchev–Trinajstić information content (AvgIpc) is 2.91. The predicted octanol–water partition coefficient (Wildman–Crippen LogP) is 3.86. The summed E-state index contributed by atoms with van der Waals surface area (Å²) in [6, 6.07) is 15.2. The summed E-state index contributed by atoms with van der Waals surface area (Å²) in [5.74, 6) is -0.0656. The van der Waals surface area contributed by atoms with Crippen molar-refractivity contribution in [3.8, 4) is 17.2 Å². The van der Waals surface area contributed by atoms with E-state index in [1.54, 1.807) is 49.5 Å². The molecule has 1 N–H and O–H groups in total. The molecule has 0 unspecified atom stereocenters. The van der Waals surface area contributed by atoms with Gasteiger partial charge in [-0.1, -0.05) is 24.3 Å². The van der Waals surface area contributed by atoms with Gasteiger partial charge in [0.25, 0.3) is 5.91 Å². The predicted molar refractivity (Wildman–Crippen MR) is 137 cm³/mol. The zero-order valence-electron chi connectivity index (χ0n) is 21.2. The molecular weight excluding hydrogens is 474 g/mol. The Bertz CT molecular complexity index is 1300. The number of para-hydroxylation sites is 1. The van der Waals surface area contributed by atoms with E-state index in [-0.39, 0.29) is 12.8 Å². The topological polar surface area (TPSA) is 107 Å². The largest absolute Gasteiger partial charge is 0.493 e. The van der Waals surface area contributed by atoms with Crippen molar-refractivity contribution in [3.63, 3.8) is 0 Å². The second-order valence-electron chi connectivity index (χ2n) is 8.80. The molecule has 0 radical (unpaired) electrons. The summed E-state index contributed by atoms with van der Waals surface area (Å²) in [5.41, 5.74) is 0.888. The SMILES string of the molecule is COc1cc(C[C@@]2(CCc3ccccn3)C(=O)NC(=O)N(c3ccccc3C)C2=O)cc(OC)c1OC. The maximum atomic E-state index is 14.2. The minimum absolute atomic E-state index is 0.00310. The Kier molecular flexibility index (Phi) is 7.42. The lowest BCUT2D eigenvalue weighted by atomic mass is 9.73. The van der Waals surface area contributed by atoms with Crippen molar-refractivity contribution >= 4 is 23.5 Å².